The fourth-order valence-corrected chi connectivity index (χ4v) is 2.47. The van der Waals surface area contributed by atoms with Gasteiger partial charge in [0.25, 0.3) is 15.0 Å². The summed E-state index contributed by atoms with van der Waals surface area (Å²) in [6.45, 7) is -1.61. The van der Waals surface area contributed by atoms with E-state index >= 15 is 0 Å². The quantitative estimate of drug-likeness (QED) is 0.630. The SMILES string of the molecule is CN(CC(F)(F)F)C(=O)c1cc(F)ccc1S(=O)(=O)Cl. The van der Waals surface area contributed by atoms with Crippen LogP contribution in [0.5, 0.6) is 0 Å². The third-order valence-corrected chi connectivity index (χ3v) is 3.58. The number of hydrogen-bond acceptors (Lipinski definition) is 3. The average molecular weight is 334 g/mol. The van der Waals surface area contributed by atoms with Crippen LogP contribution in [-0.4, -0.2) is 39.0 Å². The van der Waals surface area contributed by atoms with E-state index in [1.807, 2.05) is 0 Å². The fourth-order valence-electron chi connectivity index (χ4n) is 1.43. The molecule has 0 aliphatic rings. The highest BCUT2D eigenvalue weighted by molar-refractivity contribution is 8.13. The second kappa shape index (κ2) is 5.57. The highest BCUT2D eigenvalue weighted by Gasteiger charge is 2.33. The smallest absolute Gasteiger partial charge is 0.333 e. The molecule has 0 saturated heterocycles. The molecule has 0 unspecified atom stereocenters. The first-order chi connectivity index (χ1) is 8.92. The van der Waals surface area contributed by atoms with Crippen molar-refractivity contribution in [3.8, 4) is 0 Å². The van der Waals surface area contributed by atoms with Gasteiger partial charge in [0.05, 0.1) is 10.5 Å². The zero-order valence-corrected chi connectivity index (χ0v) is 11.5. The summed E-state index contributed by atoms with van der Waals surface area (Å²) in [4.78, 5) is 11.3. The number of halogens is 5. The van der Waals surface area contributed by atoms with Crippen LogP contribution in [0.3, 0.4) is 0 Å². The zero-order valence-electron chi connectivity index (χ0n) is 9.91. The van der Waals surface area contributed by atoms with Gasteiger partial charge in [-0.05, 0) is 18.2 Å². The van der Waals surface area contributed by atoms with Gasteiger partial charge in [0, 0.05) is 17.7 Å². The van der Waals surface area contributed by atoms with Crippen LogP contribution in [0.25, 0.3) is 0 Å². The molecule has 0 radical (unpaired) electrons. The predicted molar refractivity (Wildman–Crippen MR) is 62.5 cm³/mol. The Morgan fingerprint density at radius 1 is 1.35 bits per heavy atom. The highest BCUT2D eigenvalue weighted by atomic mass is 35.7. The van der Waals surface area contributed by atoms with E-state index in [1.54, 1.807) is 0 Å². The van der Waals surface area contributed by atoms with Crippen LogP contribution in [0, 0.1) is 5.82 Å². The maximum Gasteiger partial charge on any atom is 0.406 e. The molecule has 0 aliphatic carbocycles. The van der Waals surface area contributed by atoms with E-state index in [0.29, 0.717) is 12.1 Å². The van der Waals surface area contributed by atoms with E-state index in [9.17, 15) is 30.8 Å². The molecule has 112 valence electrons. The van der Waals surface area contributed by atoms with Gasteiger partial charge in [-0.2, -0.15) is 13.2 Å². The lowest BCUT2D eigenvalue weighted by molar-refractivity contribution is -0.138. The molecule has 0 bridgehead atoms. The van der Waals surface area contributed by atoms with E-state index in [2.05, 4.69) is 0 Å². The van der Waals surface area contributed by atoms with E-state index in [0.717, 1.165) is 13.1 Å². The van der Waals surface area contributed by atoms with Crippen molar-refractivity contribution in [2.75, 3.05) is 13.6 Å². The monoisotopic (exact) mass is 333 g/mol. The predicted octanol–water partition coefficient (Wildman–Crippen LogP) is 2.39. The van der Waals surface area contributed by atoms with E-state index < -0.39 is 44.0 Å². The van der Waals surface area contributed by atoms with Crippen molar-refractivity contribution < 1.29 is 30.8 Å². The third-order valence-electron chi connectivity index (χ3n) is 2.20. The summed E-state index contributed by atoms with van der Waals surface area (Å²) in [6, 6.07) is 1.96. The molecule has 1 amide bonds. The zero-order chi connectivity index (χ0) is 15.7. The van der Waals surface area contributed by atoms with Crippen LogP contribution in [0.1, 0.15) is 10.4 Å². The van der Waals surface area contributed by atoms with E-state index in [4.69, 9.17) is 10.7 Å². The van der Waals surface area contributed by atoms with Crippen LogP contribution in [-0.2, 0) is 9.05 Å². The molecule has 1 aromatic rings. The summed E-state index contributed by atoms with van der Waals surface area (Å²) in [5.41, 5.74) is -0.758. The van der Waals surface area contributed by atoms with Crippen LogP contribution in [0.4, 0.5) is 17.6 Å². The summed E-state index contributed by atoms with van der Waals surface area (Å²) in [6.07, 6.45) is -4.67. The molecule has 1 aromatic carbocycles. The van der Waals surface area contributed by atoms with E-state index in [-0.39, 0.29) is 4.90 Å². The largest absolute Gasteiger partial charge is 0.406 e. The molecule has 4 nitrogen and oxygen atoms in total. The van der Waals surface area contributed by atoms with Gasteiger partial charge in [0.2, 0.25) is 0 Å². The lowest BCUT2D eigenvalue weighted by Gasteiger charge is -2.19. The van der Waals surface area contributed by atoms with Crippen LogP contribution >= 0.6 is 10.7 Å². The Labute approximate surface area is 116 Å². The van der Waals surface area contributed by atoms with Gasteiger partial charge in [0.1, 0.15) is 12.4 Å². The first-order valence-corrected chi connectivity index (χ1v) is 7.29. The number of carbonyl (C=O) groups is 1. The summed E-state index contributed by atoms with van der Waals surface area (Å²) in [7, 11) is 1.47. The number of amides is 1. The molecule has 0 N–H and O–H groups in total. The lowest BCUT2D eigenvalue weighted by atomic mass is 10.2. The molecule has 0 heterocycles. The maximum absolute atomic E-state index is 13.1. The van der Waals surface area contributed by atoms with Crippen molar-refractivity contribution >= 4 is 25.6 Å². The summed E-state index contributed by atoms with van der Waals surface area (Å²) >= 11 is 0. The Bertz CT molecular complexity index is 630. The van der Waals surface area contributed by atoms with Crippen molar-refractivity contribution in [1.29, 1.82) is 0 Å². The fraction of sp³-hybridized carbons (Fsp3) is 0.300. The van der Waals surface area contributed by atoms with Gasteiger partial charge in [-0.25, -0.2) is 12.8 Å². The van der Waals surface area contributed by atoms with Crippen LogP contribution in [0.15, 0.2) is 23.1 Å². The van der Waals surface area contributed by atoms with Gasteiger partial charge in [-0.3, -0.25) is 4.79 Å². The maximum atomic E-state index is 13.1. The Kier molecular flexibility index (Phi) is 4.65. The standard InChI is InChI=1S/C10H8ClF4NO3S/c1-16(5-10(13,14)15)9(17)7-4-6(12)2-3-8(7)20(11,18)19/h2-4H,5H2,1H3. The molecule has 0 spiro atoms. The normalized spacial score (nSPS) is 12.3. The number of benzene rings is 1. The number of alkyl halides is 3. The molecular weight excluding hydrogens is 326 g/mol. The van der Waals surface area contributed by atoms with Crippen molar-refractivity contribution in [2.24, 2.45) is 0 Å². The summed E-state index contributed by atoms with van der Waals surface area (Å²) in [5, 5.41) is 0. The van der Waals surface area contributed by atoms with Gasteiger partial charge in [-0.1, -0.05) is 0 Å². The molecule has 0 aromatic heterocycles. The molecule has 0 saturated carbocycles. The van der Waals surface area contributed by atoms with Crippen molar-refractivity contribution in [1.82, 2.24) is 4.90 Å². The molecule has 10 heteroatoms. The third kappa shape index (κ3) is 4.34. The van der Waals surface area contributed by atoms with Gasteiger partial charge < -0.3 is 4.90 Å². The number of carbonyl (C=O) groups excluding carboxylic acids is 1. The number of rotatable bonds is 3. The van der Waals surface area contributed by atoms with Crippen LogP contribution in [0.2, 0.25) is 0 Å². The summed E-state index contributed by atoms with van der Waals surface area (Å²) in [5.74, 6) is -2.28. The molecule has 20 heavy (non-hydrogen) atoms. The minimum Gasteiger partial charge on any atom is -0.333 e. The Morgan fingerprint density at radius 3 is 2.35 bits per heavy atom. The molecular formula is C10H8ClF4NO3S. The second-order valence-electron chi connectivity index (χ2n) is 3.85. The number of hydrogen-bond donors (Lipinski definition) is 0. The Morgan fingerprint density at radius 2 is 1.90 bits per heavy atom. The summed E-state index contributed by atoms with van der Waals surface area (Å²) < 4.78 is 72.1. The first-order valence-electron chi connectivity index (χ1n) is 4.98. The molecule has 1 rings (SSSR count). The molecule has 0 fully saturated rings. The van der Waals surface area contributed by atoms with Gasteiger partial charge in [-0.15, -0.1) is 0 Å². The second-order valence-corrected chi connectivity index (χ2v) is 6.39. The van der Waals surface area contributed by atoms with Crippen molar-refractivity contribution in [3.05, 3.63) is 29.6 Å². The Hall–Kier alpha value is -1.35. The lowest BCUT2D eigenvalue weighted by Crippen LogP contribution is -2.36. The number of nitrogens with zero attached hydrogens (tertiary/aromatic N) is 1. The van der Waals surface area contributed by atoms with Gasteiger partial charge in [0.15, 0.2) is 0 Å². The van der Waals surface area contributed by atoms with E-state index in [1.165, 1.54) is 0 Å². The van der Waals surface area contributed by atoms with Crippen molar-refractivity contribution in [3.63, 3.8) is 0 Å². The molecule has 0 aliphatic heterocycles. The molecule has 0 atom stereocenters. The first kappa shape index (κ1) is 16.7. The minimum absolute atomic E-state index is 0.223. The van der Waals surface area contributed by atoms with Crippen molar-refractivity contribution in [2.45, 2.75) is 11.1 Å². The highest BCUT2D eigenvalue weighted by Crippen LogP contribution is 2.24. The topological polar surface area (TPSA) is 54.5 Å². The average Bonchev–Trinajstić information content (AvgIpc) is 2.23. The Balaban J connectivity index is 3.25. The van der Waals surface area contributed by atoms with Gasteiger partial charge >= 0.3 is 6.18 Å². The minimum atomic E-state index is -4.67. The van der Waals surface area contributed by atoms with Crippen LogP contribution < -0.4 is 0 Å².